The molecule has 1 amide bonds. The van der Waals surface area contributed by atoms with E-state index >= 15 is 0 Å². The molecule has 0 aromatic rings. The van der Waals surface area contributed by atoms with Gasteiger partial charge in [0.25, 0.3) is 0 Å². The molecule has 1 atom stereocenters. The Kier molecular flexibility index (Phi) is 3.49. The highest BCUT2D eigenvalue weighted by atomic mass is 16.5. The first kappa shape index (κ1) is 11.0. The topological polar surface area (TPSA) is 46.6 Å². The van der Waals surface area contributed by atoms with Crippen LogP contribution in [-0.4, -0.2) is 35.5 Å². The first-order valence-corrected chi connectivity index (χ1v) is 5.00. The first-order chi connectivity index (χ1) is 6.52. The fourth-order valence-corrected chi connectivity index (χ4v) is 1.70. The fraction of sp³-hybridized carbons (Fsp3) is 0.800. The van der Waals surface area contributed by atoms with E-state index in [2.05, 4.69) is 0 Å². The van der Waals surface area contributed by atoms with Crippen LogP contribution < -0.4 is 0 Å². The number of ether oxygens (including phenoxy) is 1. The molecule has 0 spiro atoms. The number of hydrogen-bond acceptors (Lipinski definition) is 3. The molecule has 0 aromatic carbocycles. The summed E-state index contributed by atoms with van der Waals surface area (Å²) >= 11 is 0. The lowest BCUT2D eigenvalue weighted by atomic mass is 10.2. The van der Waals surface area contributed by atoms with Crippen LogP contribution >= 0.6 is 0 Å². The van der Waals surface area contributed by atoms with E-state index in [0.717, 1.165) is 12.8 Å². The van der Waals surface area contributed by atoms with Crippen molar-refractivity contribution in [3.63, 3.8) is 0 Å². The van der Waals surface area contributed by atoms with E-state index in [1.807, 2.05) is 13.8 Å². The largest absolute Gasteiger partial charge is 0.461 e. The Morgan fingerprint density at radius 1 is 1.43 bits per heavy atom. The van der Waals surface area contributed by atoms with Crippen molar-refractivity contribution in [1.29, 1.82) is 0 Å². The van der Waals surface area contributed by atoms with Gasteiger partial charge in [0.15, 0.2) is 0 Å². The molecule has 0 aliphatic carbocycles. The Morgan fingerprint density at radius 2 is 2.07 bits per heavy atom. The lowest BCUT2D eigenvalue weighted by Crippen LogP contribution is -2.40. The molecule has 4 nitrogen and oxygen atoms in total. The maximum atomic E-state index is 11.6. The molecule has 1 heterocycles. The monoisotopic (exact) mass is 199 g/mol. The van der Waals surface area contributed by atoms with Gasteiger partial charge in [0.2, 0.25) is 5.91 Å². The van der Waals surface area contributed by atoms with Crippen molar-refractivity contribution in [2.45, 2.75) is 45.8 Å². The van der Waals surface area contributed by atoms with Crippen molar-refractivity contribution in [3.05, 3.63) is 0 Å². The molecule has 0 saturated carbocycles. The molecule has 0 N–H and O–H groups in total. The third-order valence-electron chi connectivity index (χ3n) is 2.28. The molecule has 0 bridgehead atoms. The van der Waals surface area contributed by atoms with Crippen LogP contribution in [0.5, 0.6) is 0 Å². The maximum absolute atomic E-state index is 11.6. The summed E-state index contributed by atoms with van der Waals surface area (Å²) in [5, 5.41) is 0. The lowest BCUT2D eigenvalue weighted by molar-refractivity contribution is -0.156. The summed E-state index contributed by atoms with van der Waals surface area (Å²) in [6, 6.07) is -0.352. The van der Waals surface area contributed by atoms with Crippen LogP contribution in [0.4, 0.5) is 0 Å². The number of amides is 1. The number of esters is 1. The second-order valence-electron chi connectivity index (χ2n) is 3.86. The van der Waals surface area contributed by atoms with E-state index in [1.54, 1.807) is 4.90 Å². The molecule has 1 rings (SSSR count). The third-order valence-corrected chi connectivity index (χ3v) is 2.28. The smallest absolute Gasteiger partial charge is 0.329 e. The minimum Gasteiger partial charge on any atom is -0.461 e. The van der Waals surface area contributed by atoms with Gasteiger partial charge in [-0.2, -0.15) is 0 Å². The highest BCUT2D eigenvalue weighted by Crippen LogP contribution is 2.18. The Balaban J connectivity index is 2.58. The molecule has 1 aliphatic rings. The molecule has 0 aromatic heterocycles. The van der Waals surface area contributed by atoms with E-state index in [0.29, 0.717) is 6.54 Å². The van der Waals surface area contributed by atoms with E-state index < -0.39 is 0 Å². The second kappa shape index (κ2) is 4.44. The zero-order chi connectivity index (χ0) is 10.7. The van der Waals surface area contributed by atoms with Crippen LogP contribution in [0.3, 0.4) is 0 Å². The second-order valence-corrected chi connectivity index (χ2v) is 3.86. The Bertz CT molecular complexity index is 238. The van der Waals surface area contributed by atoms with Gasteiger partial charge in [0, 0.05) is 13.5 Å². The average molecular weight is 199 g/mol. The standard InChI is InChI=1S/C10H17NO3/c1-7(2)14-10(13)9-5-4-6-11(9)8(3)12/h7,9H,4-6H2,1-3H3/t9-/m1/s1. The van der Waals surface area contributed by atoms with E-state index in [1.165, 1.54) is 6.92 Å². The van der Waals surface area contributed by atoms with Gasteiger partial charge in [-0.3, -0.25) is 4.79 Å². The highest BCUT2D eigenvalue weighted by molar-refractivity contribution is 5.84. The summed E-state index contributed by atoms with van der Waals surface area (Å²) < 4.78 is 5.08. The SMILES string of the molecule is CC(=O)N1CCC[C@@H]1C(=O)OC(C)C. The molecule has 1 saturated heterocycles. The minimum absolute atomic E-state index is 0.0480. The van der Waals surface area contributed by atoms with E-state index in [-0.39, 0.29) is 24.0 Å². The zero-order valence-electron chi connectivity index (χ0n) is 8.95. The highest BCUT2D eigenvalue weighted by Gasteiger charge is 2.33. The molecule has 14 heavy (non-hydrogen) atoms. The van der Waals surface area contributed by atoms with Crippen LogP contribution in [0.15, 0.2) is 0 Å². The Labute approximate surface area is 84.2 Å². The summed E-state index contributed by atoms with van der Waals surface area (Å²) in [5.74, 6) is -0.319. The van der Waals surface area contributed by atoms with Gasteiger partial charge in [0.05, 0.1) is 6.10 Å². The zero-order valence-corrected chi connectivity index (χ0v) is 8.95. The number of rotatable bonds is 2. The summed E-state index contributed by atoms with van der Waals surface area (Å²) in [6.45, 7) is 5.78. The normalized spacial score (nSPS) is 21.4. The average Bonchev–Trinajstić information content (AvgIpc) is 2.49. The molecular formula is C10H17NO3. The fourth-order valence-electron chi connectivity index (χ4n) is 1.70. The summed E-state index contributed by atoms with van der Waals surface area (Å²) in [5.41, 5.74) is 0. The quantitative estimate of drug-likeness (QED) is 0.622. The van der Waals surface area contributed by atoms with Gasteiger partial charge in [-0.25, -0.2) is 4.79 Å². The van der Waals surface area contributed by atoms with Crippen LogP contribution in [0.1, 0.15) is 33.6 Å². The van der Waals surface area contributed by atoms with Crippen molar-refractivity contribution in [3.8, 4) is 0 Å². The number of hydrogen-bond donors (Lipinski definition) is 0. The minimum atomic E-state index is -0.352. The molecular weight excluding hydrogens is 182 g/mol. The van der Waals surface area contributed by atoms with Crippen LogP contribution in [0.25, 0.3) is 0 Å². The van der Waals surface area contributed by atoms with Crippen molar-refractivity contribution in [1.82, 2.24) is 4.90 Å². The maximum Gasteiger partial charge on any atom is 0.329 e. The van der Waals surface area contributed by atoms with Crippen molar-refractivity contribution in [2.24, 2.45) is 0 Å². The summed E-state index contributed by atoms with van der Waals surface area (Å²) in [6.07, 6.45) is 1.50. The van der Waals surface area contributed by atoms with E-state index in [9.17, 15) is 9.59 Å². The van der Waals surface area contributed by atoms with Crippen LogP contribution in [0, 0.1) is 0 Å². The molecule has 1 fully saturated rings. The summed E-state index contributed by atoms with van der Waals surface area (Å²) in [7, 11) is 0. The van der Waals surface area contributed by atoms with Gasteiger partial charge < -0.3 is 9.64 Å². The Morgan fingerprint density at radius 3 is 2.57 bits per heavy atom. The number of likely N-dealkylation sites (tertiary alicyclic amines) is 1. The molecule has 1 aliphatic heterocycles. The number of nitrogens with zero attached hydrogens (tertiary/aromatic N) is 1. The predicted molar refractivity (Wildman–Crippen MR) is 51.6 cm³/mol. The van der Waals surface area contributed by atoms with Crippen LogP contribution in [0.2, 0.25) is 0 Å². The molecule has 0 unspecified atom stereocenters. The lowest BCUT2D eigenvalue weighted by Gasteiger charge is -2.22. The summed E-state index contributed by atoms with van der Waals surface area (Å²) in [4.78, 5) is 24.3. The number of carbonyl (C=O) groups is 2. The molecule has 0 radical (unpaired) electrons. The van der Waals surface area contributed by atoms with Crippen molar-refractivity contribution < 1.29 is 14.3 Å². The van der Waals surface area contributed by atoms with Crippen LogP contribution in [-0.2, 0) is 14.3 Å². The predicted octanol–water partition coefficient (Wildman–Crippen LogP) is 0.949. The van der Waals surface area contributed by atoms with Crippen molar-refractivity contribution in [2.75, 3.05) is 6.54 Å². The van der Waals surface area contributed by atoms with E-state index in [4.69, 9.17) is 4.74 Å². The first-order valence-electron chi connectivity index (χ1n) is 5.00. The molecule has 4 heteroatoms. The third kappa shape index (κ3) is 2.47. The van der Waals surface area contributed by atoms with Gasteiger partial charge >= 0.3 is 5.97 Å². The van der Waals surface area contributed by atoms with Crippen molar-refractivity contribution >= 4 is 11.9 Å². The number of carbonyl (C=O) groups excluding carboxylic acids is 2. The molecule has 80 valence electrons. The van der Waals surface area contributed by atoms with Gasteiger partial charge in [0.1, 0.15) is 6.04 Å². The van der Waals surface area contributed by atoms with Gasteiger partial charge in [-0.1, -0.05) is 0 Å². The van der Waals surface area contributed by atoms with Gasteiger partial charge in [-0.15, -0.1) is 0 Å². The van der Waals surface area contributed by atoms with Gasteiger partial charge in [-0.05, 0) is 26.7 Å². The Hall–Kier alpha value is -1.06.